The van der Waals surface area contributed by atoms with Crippen LogP contribution >= 0.6 is 24.8 Å². The lowest BCUT2D eigenvalue weighted by Gasteiger charge is -2.31. The molecule has 0 saturated heterocycles. The van der Waals surface area contributed by atoms with E-state index in [2.05, 4.69) is 10.3 Å². The molecular formula is C19H27Cl2N3O. The van der Waals surface area contributed by atoms with Crippen molar-refractivity contribution in [3.63, 3.8) is 0 Å². The lowest BCUT2D eigenvalue weighted by atomic mass is 9.92. The maximum atomic E-state index is 12.6. The third-order valence-corrected chi connectivity index (χ3v) is 4.52. The molecule has 0 atom stereocenters. The fourth-order valence-corrected chi connectivity index (χ4v) is 2.65. The Balaban J connectivity index is 0.00000288. The van der Waals surface area contributed by atoms with E-state index in [1.54, 1.807) is 0 Å². The Kier molecular flexibility index (Phi) is 9.72. The van der Waals surface area contributed by atoms with Crippen molar-refractivity contribution in [1.82, 2.24) is 10.3 Å². The molecule has 0 fully saturated rings. The molecule has 1 aromatic carbocycles. The molecule has 0 saturated carbocycles. The molecule has 0 aliphatic carbocycles. The minimum Gasteiger partial charge on any atom is -0.345 e. The molecule has 0 aliphatic heterocycles. The van der Waals surface area contributed by atoms with Crippen molar-refractivity contribution in [2.24, 2.45) is 5.73 Å². The van der Waals surface area contributed by atoms with E-state index < -0.39 is 0 Å². The summed E-state index contributed by atoms with van der Waals surface area (Å²) in [5.74, 6) is -0.108. The Labute approximate surface area is 162 Å². The maximum absolute atomic E-state index is 12.6. The van der Waals surface area contributed by atoms with Gasteiger partial charge in [-0.05, 0) is 31.9 Å². The van der Waals surface area contributed by atoms with Crippen LogP contribution in [0.15, 0.2) is 42.5 Å². The maximum Gasteiger partial charge on any atom is 0.253 e. The van der Waals surface area contributed by atoms with Crippen LogP contribution in [0.4, 0.5) is 0 Å². The lowest BCUT2D eigenvalue weighted by molar-refractivity contribution is 0.0894. The molecule has 0 spiro atoms. The Bertz CT molecular complexity index is 665. The number of aromatic nitrogens is 1. The molecule has 1 heterocycles. The summed E-state index contributed by atoms with van der Waals surface area (Å²) in [6.07, 6.45) is 1.61. The quantitative estimate of drug-likeness (QED) is 0.786. The summed E-state index contributed by atoms with van der Waals surface area (Å²) >= 11 is 0. The third kappa shape index (κ3) is 5.43. The largest absolute Gasteiger partial charge is 0.345 e. The monoisotopic (exact) mass is 383 g/mol. The van der Waals surface area contributed by atoms with Crippen molar-refractivity contribution >= 4 is 30.7 Å². The van der Waals surface area contributed by atoms with E-state index in [-0.39, 0.29) is 36.3 Å². The van der Waals surface area contributed by atoms with Gasteiger partial charge in [-0.15, -0.1) is 24.8 Å². The Morgan fingerprint density at radius 1 is 1.08 bits per heavy atom. The molecule has 0 bridgehead atoms. The number of halogens is 2. The number of benzene rings is 1. The number of nitrogens with one attached hydrogen (secondary N) is 1. The van der Waals surface area contributed by atoms with Crippen LogP contribution in [0.1, 0.15) is 42.7 Å². The van der Waals surface area contributed by atoms with E-state index in [0.29, 0.717) is 12.1 Å². The smallest absolute Gasteiger partial charge is 0.253 e. The third-order valence-electron chi connectivity index (χ3n) is 4.52. The van der Waals surface area contributed by atoms with Crippen LogP contribution in [0.3, 0.4) is 0 Å². The van der Waals surface area contributed by atoms with Crippen molar-refractivity contribution < 1.29 is 4.79 Å². The summed E-state index contributed by atoms with van der Waals surface area (Å²) in [5.41, 5.74) is 8.76. The highest BCUT2D eigenvalue weighted by Gasteiger charge is 2.27. The number of pyridine rings is 1. The van der Waals surface area contributed by atoms with Crippen LogP contribution in [0.5, 0.6) is 0 Å². The van der Waals surface area contributed by atoms with Crippen LogP contribution in [0.2, 0.25) is 0 Å². The fraction of sp³-hybridized carbons (Fsp3) is 0.368. The summed E-state index contributed by atoms with van der Waals surface area (Å²) in [7, 11) is 0. The Hall–Kier alpha value is -1.62. The zero-order valence-corrected chi connectivity index (χ0v) is 16.5. The highest BCUT2D eigenvalue weighted by Crippen LogP contribution is 2.20. The molecule has 1 aromatic heterocycles. The normalized spacial score (nSPS) is 10.4. The van der Waals surface area contributed by atoms with Gasteiger partial charge in [-0.2, -0.15) is 0 Å². The number of hydrogen-bond acceptors (Lipinski definition) is 3. The van der Waals surface area contributed by atoms with Gasteiger partial charge < -0.3 is 11.1 Å². The second-order valence-corrected chi connectivity index (χ2v) is 5.84. The van der Waals surface area contributed by atoms with Crippen LogP contribution in [0.25, 0.3) is 11.3 Å². The zero-order valence-electron chi connectivity index (χ0n) is 14.9. The summed E-state index contributed by atoms with van der Waals surface area (Å²) in [6, 6.07) is 13.7. The molecule has 4 nitrogen and oxygen atoms in total. The van der Waals surface area contributed by atoms with Gasteiger partial charge in [0.1, 0.15) is 0 Å². The number of nitrogens with two attached hydrogens (primary N) is 1. The van der Waals surface area contributed by atoms with Crippen LogP contribution in [-0.4, -0.2) is 23.0 Å². The number of hydrogen-bond donors (Lipinski definition) is 2. The number of carbonyl (C=O) groups excluding carboxylic acids is 1. The number of carbonyl (C=O) groups is 1. The topological polar surface area (TPSA) is 68.0 Å². The average molecular weight is 384 g/mol. The molecule has 0 unspecified atom stereocenters. The molecule has 3 N–H and O–H groups in total. The van der Waals surface area contributed by atoms with Gasteiger partial charge in [0.25, 0.3) is 5.91 Å². The summed E-state index contributed by atoms with van der Waals surface area (Å²) < 4.78 is 0. The average Bonchev–Trinajstić information content (AvgIpc) is 2.60. The first-order valence-electron chi connectivity index (χ1n) is 8.11. The van der Waals surface area contributed by atoms with Crippen molar-refractivity contribution in [3.05, 3.63) is 53.7 Å². The predicted octanol–water partition coefficient (Wildman–Crippen LogP) is 4.15. The SMILES string of the molecule is CCC(CC)(CN)NC(=O)c1ccc(-c2ccccc2)nc1C.Cl.Cl. The predicted molar refractivity (Wildman–Crippen MR) is 109 cm³/mol. The van der Waals surface area contributed by atoms with Crippen molar-refractivity contribution in [3.8, 4) is 11.3 Å². The molecular weight excluding hydrogens is 357 g/mol. The van der Waals surface area contributed by atoms with Crippen molar-refractivity contribution in [1.29, 1.82) is 0 Å². The number of amides is 1. The highest BCUT2D eigenvalue weighted by molar-refractivity contribution is 5.96. The zero-order chi connectivity index (χ0) is 16.9. The molecule has 138 valence electrons. The van der Waals surface area contributed by atoms with Gasteiger partial charge in [-0.25, -0.2) is 0 Å². The van der Waals surface area contributed by atoms with Crippen molar-refractivity contribution in [2.75, 3.05) is 6.54 Å². The van der Waals surface area contributed by atoms with Crippen LogP contribution in [-0.2, 0) is 0 Å². The number of nitrogens with zero attached hydrogens (tertiary/aromatic N) is 1. The van der Waals surface area contributed by atoms with E-state index in [9.17, 15) is 4.79 Å². The molecule has 0 aliphatic rings. The Morgan fingerprint density at radius 2 is 1.68 bits per heavy atom. The first-order valence-corrected chi connectivity index (χ1v) is 8.11. The van der Waals surface area contributed by atoms with Crippen LogP contribution in [0, 0.1) is 6.92 Å². The standard InChI is InChI=1S/C19H25N3O.2ClH/c1-4-19(5-2,13-20)22-18(23)16-11-12-17(21-14(16)3)15-9-7-6-8-10-15;;/h6-12H,4-5,13,20H2,1-3H3,(H,22,23);2*1H. The first kappa shape index (κ1) is 23.4. The summed E-state index contributed by atoms with van der Waals surface area (Å²) in [4.78, 5) is 17.2. The van der Waals surface area contributed by atoms with Gasteiger partial charge in [-0.3, -0.25) is 9.78 Å². The van der Waals surface area contributed by atoms with E-state index in [0.717, 1.165) is 29.8 Å². The summed E-state index contributed by atoms with van der Waals surface area (Å²) in [6.45, 7) is 6.38. The minimum atomic E-state index is -0.346. The fourth-order valence-electron chi connectivity index (χ4n) is 2.65. The second kappa shape index (κ2) is 10.4. The molecule has 1 amide bonds. The van der Waals surface area contributed by atoms with E-state index in [4.69, 9.17) is 5.73 Å². The molecule has 25 heavy (non-hydrogen) atoms. The number of rotatable bonds is 6. The lowest BCUT2D eigenvalue weighted by Crippen LogP contribution is -2.53. The van der Waals surface area contributed by atoms with E-state index in [1.807, 2.05) is 63.2 Å². The van der Waals surface area contributed by atoms with Gasteiger partial charge in [0.2, 0.25) is 0 Å². The van der Waals surface area contributed by atoms with E-state index >= 15 is 0 Å². The molecule has 2 aromatic rings. The highest BCUT2D eigenvalue weighted by atomic mass is 35.5. The van der Waals surface area contributed by atoms with E-state index in [1.165, 1.54) is 0 Å². The van der Waals surface area contributed by atoms with Gasteiger partial charge >= 0.3 is 0 Å². The molecule has 6 heteroatoms. The number of aryl methyl sites for hydroxylation is 1. The molecule has 2 rings (SSSR count). The second-order valence-electron chi connectivity index (χ2n) is 5.84. The van der Waals surface area contributed by atoms with Gasteiger partial charge in [0, 0.05) is 12.1 Å². The van der Waals surface area contributed by atoms with Gasteiger partial charge in [0.05, 0.1) is 22.5 Å². The first-order chi connectivity index (χ1) is 11.0. The summed E-state index contributed by atoms with van der Waals surface area (Å²) in [5, 5.41) is 3.09. The van der Waals surface area contributed by atoms with Crippen LogP contribution < -0.4 is 11.1 Å². The minimum absolute atomic E-state index is 0. The van der Waals surface area contributed by atoms with Crippen molar-refractivity contribution in [2.45, 2.75) is 39.2 Å². The van der Waals surface area contributed by atoms with Gasteiger partial charge in [-0.1, -0.05) is 44.2 Å². The molecule has 0 radical (unpaired) electrons. The Morgan fingerprint density at radius 3 is 2.16 bits per heavy atom. The van der Waals surface area contributed by atoms with Gasteiger partial charge in [0.15, 0.2) is 0 Å².